The van der Waals surface area contributed by atoms with Crippen molar-refractivity contribution in [2.75, 3.05) is 0 Å². The molecule has 1 atom stereocenters. The van der Waals surface area contributed by atoms with Crippen molar-refractivity contribution >= 4 is 27.3 Å². The summed E-state index contributed by atoms with van der Waals surface area (Å²) in [6, 6.07) is 8.61. The number of benzene rings is 1. The third-order valence-corrected chi connectivity index (χ3v) is 4.24. The van der Waals surface area contributed by atoms with Crippen LogP contribution >= 0.6 is 27.3 Å². The molecule has 0 spiro atoms. The Morgan fingerprint density at radius 1 is 1.41 bits per heavy atom. The van der Waals surface area contributed by atoms with E-state index in [4.69, 9.17) is 0 Å². The molecule has 1 aromatic carbocycles. The SMILES string of the molecule is Cc1cnc(CNC(C)c2ccccc2Br)s1. The van der Waals surface area contributed by atoms with E-state index in [0.717, 1.165) is 16.0 Å². The van der Waals surface area contributed by atoms with Crippen LogP contribution in [0.5, 0.6) is 0 Å². The van der Waals surface area contributed by atoms with Crippen LogP contribution in [0.15, 0.2) is 34.9 Å². The summed E-state index contributed by atoms with van der Waals surface area (Å²) in [6.07, 6.45) is 1.92. The van der Waals surface area contributed by atoms with Gasteiger partial charge in [0.2, 0.25) is 0 Å². The minimum absolute atomic E-state index is 0.315. The van der Waals surface area contributed by atoms with Gasteiger partial charge in [0.1, 0.15) is 5.01 Å². The summed E-state index contributed by atoms with van der Waals surface area (Å²) >= 11 is 5.32. The highest BCUT2D eigenvalue weighted by molar-refractivity contribution is 9.10. The van der Waals surface area contributed by atoms with E-state index < -0.39 is 0 Å². The van der Waals surface area contributed by atoms with Gasteiger partial charge in [-0.3, -0.25) is 0 Å². The Bertz CT molecular complexity index is 496. The average Bonchev–Trinajstić information content (AvgIpc) is 2.73. The monoisotopic (exact) mass is 310 g/mol. The third-order valence-electron chi connectivity index (χ3n) is 2.60. The zero-order valence-electron chi connectivity index (χ0n) is 9.90. The number of hydrogen-bond acceptors (Lipinski definition) is 3. The molecule has 0 bridgehead atoms. The zero-order chi connectivity index (χ0) is 12.3. The molecule has 90 valence electrons. The van der Waals surface area contributed by atoms with E-state index >= 15 is 0 Å². The maximum atomic E-state index is 4.35. The number of nitrogens with zero attached hydrogens (tertiary/aromatic N) is 1. The summed E-state index contributed by atoms with van der Waals surface area (Å²) in [4.78, 5) is 5.61. The fraction of sp³-hybridized carbons (Fsp3) is 0.308. The molecule has 0 aliphatic heterocycles. The average molecular weight is 311 g/mol. The number of halogens is 1. The molecule has 4 heteroatoms. The first-order chi connectivity index (χ1) is 8.16. The number of nitrogens with one attached hydrogen (secondary N) is 1. The number of hydrogen-bond donors (Lipinski definition) is 1. The molecule has 1 N–H and O–H groups in total. The molecule has 0 saturated heterocycles. The van der Waals surface area contributed by atoms with Gasteiger partial charge in [-0.15, -0.1) is 11.3 Å². The second-order valence-electron chi connectivity index (χ2n) is 3.99. The van der Waals surface area contributed by atoms with Crippen LogP contribution in [0.3, 0.4) is 0 Å². The van der Waals surface area contributed by atoms with Crippen molar-refractivity contribution in [3.63, 3.8) is 0 Å². The lowest BCUT2D eigenvalue weighted by Gasteiger charge is -2.14. The fourth-order valence-electron chi connectivity index (χ4n) is 1.66. The molecule has 0 aliphatic rings. The summed E-state index contributed by atoms with van der Waals surface area (Å²) in [5.41, 5.74) is 1.28. The highest BCUT2D eigenvalue weighted by atomic mass is 79.9. The maximum Gasteiger partial charge on any atom is 0.107 e. The first kappa shape index (κ1) is 12.7. The van der Waals surface area contributed by atoms with Crippen molar-refractivity contribution in [1.82, 2.24) is 10.3 Å². The highest BCUT2D eigenvalue weighted by Gasteiger charge is 2.08. The van der Waals surface area contributed by atoms with Crippen LogP contribution in [0.2, 0.25) is 0 Å². The van der Waals surface area contributed by atoms with Gasteiger partial charge in [0.25, 0.3) is 0 Å². The quantitative estimate of drug-likeness (QED) is 0.921. The molecule has 1 heterocycles. The van der Waals surface area contributed by atoms with E-state index in [2.05, 4.69) is 58.3 Å². The van der Waals surface area contributed by atoms with Gasteiger partial charge in [0.05, 0.1) is 0 Å². The first-order valence-corrected chi connectivity index (χ1v) is 7.17. The van der Waals surface area contributed by atoms with Gasteiger partial charge in [-0.25, -0.2) is 4.98 Å². The third kappa shape index (κ3) is 3.37. The molecular weight excluding hydrogens is 296 g/mol. The van der Waals surface area contributed by atoms with Crippen LogP contribution in [0, 0.1) is 6.92 Å². The Hall–Kier alpha value is -0.710. The van der Waals surface area contributed by atoms with Gasteiger partial charge in [-0.2, -0.15) is 0 Å². The molecule has 0 fully saturated rings. The fourth-order valence-corrected chi connectivity index (χ4v) is 3.03. The molecule has 2 rings (SSSR count). The van der Waals surface area contributed by atoms with Crippen LogP contribution in [0.4, 0.5) is 0 Å². The second kappa shape index (κ2) is 5.76. The number of aryl methyl sites for hydroxylation is 1. The molecule has 0 saturated carbocycles. The van der Waals surface area contributed by atoms with Gasteiger partial charge in [-0.1, -0.05) is 34.1 Å². The molecular formula is C13H15BrN2S. The minimum atomic E-state index is 0.315. The summed E-state index contributed by atoms with van der Waals surface area (Å²) in [5.74, 6) is 0. The molecule has 2 aromatic rings. The van der Waals surface area contributed by atoms with E-state index in [1.807, 2.05) is 12.3 Å². The molecule has 1 unspecified atom stereocenters. The van der Waals surface area contributed by atoms with Crippen molar-refractivity contribution < 1.29 is 0 Å². The lowest BCUT2D eigenvalue weighted by atomic mass is 10.1. The Morgan fingerprint density at radius 2 is 2.18 bits per heavy atom. The van der Waals surface area contributed by atoms with E-state index in [-0.39, 0.29) is 0 Å². The summed E-state index contributed by atoms with van der Waals surface area (Å²) < 4.78 is 1.15. The van der Waals surface area contributed by atoms with Crippen molar-refractivity contribution in [2.45, 2.75) is 26.4 Å². The summed E-state index contributed by atoms with van der Waals surface area (Å²) in [6.45, 7) is 5.07. The minimum Gasteiger partial charge on any atom is -0.304 e. The zero-order valence-corrected chi connectivity index (χ0v) is 12.3. The molecule has 0 aliphatic carbocycles. The highest BCUT2D eigenvalue weighted by Crippen LogP contribution is 2.23. The van der Waals surface area contributed by atoms with E-state index in [1.165, 1.54) is 10.4 Å². The number of thiazole rings is 1. The summed E-state index contributed by atoms with van der Waals surface area (Å²) in [5, 5.41) is 4.63. The van der Waals surface area contributed by atoms with Crippen molar-refractivity contribution in [2.24, 2.45) is 0 Å². The van der Waals surface area contributed by atoms with Crippen molar-refractivity contribution in [3.05, 3.63) is 50.4 Å². The smallest absolute Gasteiger partial charge is 0.107 e. The molecule has 0 amide bonds. The number of rotatable bonds is 4. The lowest BCUT2D eigenvalue weighted by molar-refractivity contribution is 0.571. The Kier molecular flexibility index (Phi) is 4.31. The van der Waals surface area contributed by atoms with Gasteiger partial charge in [-0.05, 0) is 25.5 Å². The first-order valence-electron chi connectivity index (χ1n) is 5.56. The van der Waals surface area contributed by atoms with Gasteiger partial charge >= 0.3 is 0 Å². The van der Waals surface area contributed by atoms with Crippen LogP contribution in [-0.2, 0) is 6.54 Å². The standard InChI is InChI=1S/C13H15BrN2S/c1-9-7-16-13(17-9)8-15-10(2)11-5-3-4-6-12(11)14/h3-7,10,15H,8H2,1-2H3. The molecule has 0 radical (unpaired) electrons. The van der Waals surface area contributed by atoms with E-state index in [0.29, 0.717) is 6.04 Å². The predicted octanol–water partition coefficient (Wildman–Crippen LogP) is 4.06. The van der Waals surface area contributed by atoms with Crippen molar-refractivity contribution in [1.29, 1.82) is 0 Å². The van der Waals surface area contributed by atoms with Gasteiger partial charge in [0.15, 0.2) is 0 Å². The topological polar surface area (TPSA) is 24.9 Å². The molecule has 2 nitrogen and oxygen atoms in total. The maximum absolute atomic E-state index is 4.35. The normalized spacial score (nSPS) is 12.6. The lowest BCUT2D eigenvalue weighted by Crippen LogP contribution is -2.18. The summed E-state index contributed by atoms with van der Waals surface area (Å²) in [7, 11) is 0. The van der Waals surface area contributed by atoms with Crippen LogP contribution in [0.25, 0.3) is 0 Å². The van der Waals surface area contributed by atoms with Crippen LogP contribution < -0.4 is 5.32 Å². The second-order valence-corrected chi connectivity index (χ2v) is 6.16. The molecule has 1 aromatic heterocycles. The van der Waals surface area contributed by atoms with Gasteiger partial charge < -0.3 is 5.32 Å². The van der Waals surface area contributed by atoms with Gasteiger partial charge in [0, 0.05) is 28.1 Å². The Balaban J connectivity index is 1.98. The molecule has 17 heavy (non-hydrogen) atoms. The van der Waals surface area contributed by atoms with E-state index in [1.54, 1.807) is 11.3 Å². The van der Waals surface area contributed by atoms with Crippen molar-refractivity contribution in [3.8, 4) is 0 Å². The Labute approximate surface area is 114 Å². The van der Waals surface area contributed by atoms with E-state index in [9.17, 15) is 0 Å². The predicted molar refractivity (Wildman–Crippen MR) is 76.2 cm³/mol. The largest absolute Gasteiger partial charge is 0.304 e. The Morgan fingerprint density at radius 3 is 2.82 bits per heavy atom. The van der Waals surface area contributed by atoms with Crippen LogP contribution in [-0.4, -0.2) is 4.98 Å². The number of aromatic nitrogens is 1. The van der Waals surface area contributed by atoms with Crippen LogP contribution in [0.1, 0.15) is 28.4 Å².